The van der Waals surface area contributed by atoms with Gasteiger partial charge in [0, 0.05) is 30.1 Å². The van der Waals surface area contributed by atoms with E-state index < -0.39 is 6.09 Å². The van der Waals surface area contributed by atoms with Crippen molar-refractivity contribution in [2.24, 2.45) is 0 Å². The molecule has 0 radical (unpaired) electrons. The first-order valence-corrected chi connectivity index (χ1v) is 11.2. The van der Waals surface area contributed by atoms with Crippen LogP contribution in [0.1, 0.15) is 31.2 Å². The number of nitrogens with zero attached hydrogens (tertiary/aromatic N) is 3. The predicted molar refractivity (Wildman–Crippen MR) is 125 cm³/mol. The summed E-state index contributed by atoms with van der Waals surface area (Å²) in [5, 5.41) is 10.6. The van der Waals surface area contributed by atoms with E-state index in [0.717, 1.165) is 42.4 Å². The summed E-state index contributed by atoms with van der Waals surface area (Å²) >= 11 is 0. The largest absolute Gasteiger partial charge is 0.489 e. The number of pyridine rings is 1. The zero-order valence-electron chi connectivity index (χ0n) is 18.5. The second kappa shape index (κ2) is 10.2. The van der Waals surface area contributed by atoms with E-state index in [2.05, 4.69) is 20.5 Å². The van der Waals surface area contributed by atoms with Crippen LogP contribution < -0.4 is 14.8 Å². The quantitative estimate of drug-likeness (QED) is 0.397. The van der Waals surface area contributed by atoms with E-state index in [-0.39, 0.29) is 6.04 Å². The molecule has 0 saturated heterocycles. The van der Waals surface area contributed by atoms with E-state index in [4.69, 9.17) is 13.9 Å². The van der Waals surface area contributed by atoms with Crippen LogP contribution in [-0.2, 0) is 6.61 Å². The lowest BCUT2D eigenvalue weighted by molar-refractivity contribution is 0.196. The molecule has 1 aliphatic rings. The summed E-state index contributed by atoms with van der Waals surface area (Å²) in [7, 11) is 0. The monoisotopic (exact) mass is 456 g/mol. The van der Waals surface area contributed by atoms with Crippen molar-refractivity contribution in [2.45, 2.75) is 38.3 Å². The second-order valence-corrected chi connectivity index (χ2v) is 8.19. The molecule has 0 bridgehead atoms. The molecule has 0 aliphatic heterocycles. The Bertz CT molecular complexity index is 1240. The van der Waals surface area contributed by atoms with Gasteiger partial charge in [-0.1, -0.05) is 43.2 Å². The molecule has 4 aromatic rings. The number of carbonyl (C=O) groups is 1. The maximum Gasteiger partial charge on any atom is 0.412 e. The third kappa shape index (κ3) is 5.40. The van der Waals surface area contributed by atoms with Gasteiger partial charge in [-0.3, -0.25) is 4.98 Å². The Morgan fingerprint density at radius 2 is 1.76 bits per heavy atom. The molecule has 8 nitrogen and oxygen atoms in total. The van der Waals surface area contributed by atoms with Gasteiger partial charge in [-0.2, -0.15) is 0 Å². The minimum atomic E-state index is -0.462. The molecular weight excluding hydrogens is 432 g/mol. The first-order valence-electron chi connectivity index (χ1n) is 11.2. The second-order valence-electron chi connectivity index (χ2n) is 8.19. The van der Waals surface area contributed by atoms with Crippen LogP contribution in [0.2, 0.25) is 0 Å². The van der Waals surface area contributed by atoms with Gasteiger partial charge in [0.15, 0.2) is 0 Å². The van der Waals surface area contributed by atoms with E-state index in [1.165, 1.54) is 6.39 Å². The van der Waals surface area contributed by atoms with Gasteiger partial charge in [-0.15, -0.1) is 10.2 Å². The summed E-state index contributed by atoms with van der Waals surface area (Å²) in [6.45, 7) is 0.387. The van der Waals surface area contributed by atoms with Crippen LogP contribution in [0.3, 0.4) is 0 Å². The molecule has 0 spiro atoms. The van der Waals surface area contributed by atoms with Crippen LogP contribution in [0.5, 0.6) is 11.5 Å². The summed E-state index contributed by atoms with van der Waals surface area (Å²) < 4.78 is 17.0. The summed E-state index contributed by atoms with van der Waals surface area (Å²) in [6.07, 6.45) is 8.40. The number of hydrogen-bond donors (Lipinski definition) is 1. The van der Waals surface area contributed by atoms with Crippen molar-refractivity contribution in [3.63, 3.8) is 0 Å². The molecule has 172 valence electrons. The Labute approximate surface area is 197 Å². The molecular formula is C26H24N4O4. The molecule has 1 saturated carbocycles. The maximum absolute atomic E-state index is 12.5. The van der Waals surface area contributed by atoms with E-state index in [1.54, 1.807) is 24.5 Å². The number of rotatable bonds is 7. The number of amides is 1. The minimum absolute atomic E-state index is 0.166. The molecule has 5 rings (SSSR count). The number of hydrogen-bond acceptors (Lipinski definition) is 7. The predicted octanol–water partition coefficient (Wildman–Crippen LogP) is 5.41. The van der Waals surface area contributed by atoms with Crippen molar-refractivity contribution in [2.75, 3.05) is 0 Å². The standard InChI is InChI=1S/C26H24N4O4/c31-26(29-22-8-4-5-9-22)34-24-12-19(11-23(13-24)32-16-18-6-2-1-3-7-18)20-10-21(15-27-14-20)25-30-28-17-33-25/h1-3,6-7,10-15,17,22H,4-5,8-9,16H2,(H,29,31). The molecule has 1 N–H and O–H groups in total. The summed E-state index contributed by atoms with van der Waals surface area (Å²) in [4.78, 5) is 16.8. The molecule has 1 aliphatic carbocycles. The smallest absolute Gasteiger partial charge is 0.412 e. The first kappa shape index (κ1) is 21.6. The molecule has 8 heteroatoms. The van der Waals surface area contributed by atoms with Crippen LogP contribution in [-0.4, -0.2) is 27.3 Å². The Hall–Kier alpha value is -4.20. The first-order chi connectivity index (χ1) is 16.7. The van der Waals surface area contributed by atoms with Crippen molar-refractivity contribution in [1.29, 1.82) is 0 Å². The van der Waals surface area contributed by atoms with Gasteiger partial charge >= 0.3 is 6.09 Å². The fourth-order valence-corrected chi connectivity index (χ4v) is 4.01. The molecule has 2 heterocycles. The number of ether oxygens (including phenoxy) is 2. The Morgan fingerprint density at radius 1 is 0.971 bits per heavy atom. The van der Waals surface area contributed by atoms with Gasteiger partial charge < -0.3 is 19.2 Å². The van der Waals surface area contributed by atoms with Crippen molar-refractivity contribution in [1.82, 2.24) is 20.5 Å². The Kier molecular flexibility index (Phi) is 6.47. The van der Waals surface area contributed by atoms with E-state index in [0.29, 0.717) is 29.6 Å². The highest BCUT2D eigenvalue weighted by molar-refractivity contribution is 5.74. The van der Waals surface area contributed by atoms with Crippen LogP contribution >= 0.6 is 0 Å². The average Bonchev–Trinajstić information content (AvgIpc) is 3.58. The number of carbonyl (C=O) groups excluding carboxylic acids is 1. The zero-order chi connectivity index (χ0) is 23.2. The van der Waals surface area contributed by atoms with Crippen molar-refractivity contribution in [3.8, 4) is 34.1 Å². The highest BCUT2D eigenvalue weighted by atomic mass is 16.6. The maximum atomic E-state index is 12.5. The van der Waals surface area contributed by atoms with E-state index in [9.17, 15) is 4.79 Å². The van der Waals surface area contributed by atoms with Gasteiger partial charge in [-0.05, 0) is 42.2 Å². The van der Waals surface area contributed by atoms with Crippen molar-refractivity contribution >= 4 is 6.09 Å². The molecule has 0 atom stereocenters. The SMILES string of the molecule is O=C(NC1CCCC1)Oc1cc(OCc2ccccc2)cc(-c2cncc(-c3nnco3)c2)c1. The van der Waals surface area contributed by atoms with Crippen LogP contribution in [0.15, 0.2) is 77.8 Å². The lowest BCUT2D eigenvalue weighted by Crippen LogP contribution is -2.34. The average molecular weight is 457 g/mol. The minimum Gasteiger partial charge on any atom is -0.489 e. The molecule has 2 aromatic heterocycles. The molecule has 1 fully saturated rings. The lowest BCUT2D eigenvalue weighted by atomic mass is 10.1. The normalized spacial score (nSPS) is 13.5. The highest BCUT2D eigenvalue weighted by Crippen LogP contribution is 2.32. The van der Waals surface area contributed by atoms with Crippen molar-refractivity contribution in [3.05, 3.63) is 78.9 Å². The van der Waals surface area contributed by atoms with Gasteiger partial charge in [0.05, 0.1) is 5.56 Å². The van der Waals surface area contributed by atoms with Crippen LogP contribution in [0.25, 0.3) is 22.6 Å². The molecule has 34 heavy (non-hydrogen) atoms. The summed E-state index contributed by atoms with van der Waals surface area (Å²) in [6, 6.07) is 17.3. The zero-order valence-corrected chi connectivity index (χ0v) is 18.5. The number of benzene rings is 2. The van der Waals surface area contributed by atoms with Crippen LogP contribution in [0, 0.1) is 0 Å². The highest BCUT2D eigenvalue weighted by Gasteiger charge is 2.19. The van der Waals surface area contributed by atoms with Gasteiger partial charge in [0.2, 0.25) is 12.3 Å². The fraction of sp³-hybridized carbons (Fsp3) is 0.231. The third-order valence-electron chi connectivity index (χ3n) is 5.69. The Balaban J connectivity index is 1.41. The lowest BCUT2D eigenvalue weighted by Gasteiger charge is -2.14. The number of nitrogens with one attached hydrogen (secondary N) is 1. The molecule has 0 unspecified atom stereocenters. The fourth-order valence-electron chi connectivity index (χ4n) is 4.01. The molecule has 1 amide bonds. The summed E-state index contributed by atoms with van der Waals surface area (Å²) in [5.74, 6) is 1.34. The van der Waals surface area contributed by atoms with E-state index in [1.807, 2.05) is 42.5 Å². The topological polar surface area (TPSA) is 99.4 Å². The van der Waals surface area contributed by atoms with Gasteiger partial charge in [0.1, 0.15) is 18.1 Å². The Morgan fingerprint density at radius 3 is 2.56 bits per heavy atom. The van der Waals surface area contributed by atoms with Crippen LogP contribution in [0.4, 0.5) is 4.79 Å². The number of aromatic nitrogens is 3. The van der Waals surface area contributed by atoms with Crippen molar-refractivity contribution < 1.29 is 18.7 Å². The van der Waals surface area contributed by atoms with E-state index >= 15 is 0 Å². The third-order valence-corrected chi connectivity index (χ3v) is 5.69. The van der Waals surface area contributed by atoms with Gasteiger partial charge in [0.25, 0.3) is 0 Å². The summed E-state index contributed by atoms with van der Waals surface area (Å²) in [5.41, 5.74) is 3.30. The van der Waals surface area contributed by atoms with Gasteiger partial charge in [-0.25, -0.2) is 4.79 Å². The molecule has 2 aromatic carbocycles.